The van der Waals surface area contributed by atoms with Crippen molar-refractivity contribution < 1.29 is 13.2 Å². The number of sulfone groups is 1. The smallest absolute Gasteiger partial charge is 0.258 e. The summed E-state index contributed by atoms with van der Waals surface area (Å²) in [6.07, 6.45) is 6.90. The van der Waals surface area contributed by atoms with Crippen molar-refractivity contribution in [1.82, 2.24) is 19.4 Å². The molecule has 8 nitrogen and oxygen atoms in total. The van der Waals surface area contributed by atoms with Gasteiger partial charge in [-0.05, 0) is 48.6 Å². The normalized spacial score (nSPS) is 16.7. The number of fused-ring (bicyclic) bond motifs is 1. The summed E-state index contributed by atoms with van der Waals surface area (Å²) < 4.78 is 30.4. The van der Waals surface area contributed by atoms with Gasteiger partial charge in [-0.3, -0.25) is 19.2 Å². The number of rotatable bonds is 9. The number of pyridine rings is 1. The first-order valence-electron chi connectivity index (χ1n) is 12.9. The maximum Gasteiger partial charge on any atom is 0.258 e. The van der Waals surface area contributed by atoms with Crippen molar-refractivity contribution in [3.8, 4) is 5.75 Å². The summed E-state index contributed by atoms with van der Waals surface area (Å²) in [7, 11) is -2.92. The average Bonchev–Trinajstić information content (AvgIpc) is 3.31. The highest BCUT2D eigenvalue weighted by Gasteiger charge is 2.19. The van der Waals surface area contributed by atoms with E-state index in [4.69, 9.17) is 4.74 Å². The van der Waals surface area contributed by atoms with Gasteiger partial charge in [-0.15, -0.1) is 11.3 Å². The van der Waals surface area contributed by atoms with Crippen LogP contribution >= 0.6 is 11.3 Å². The van der Waals surface area contributed by atoms with E-state index in [1.165, 1.54) is 17.4 Å². The summed E-state index contributed by atoms with van der Waals surface area (Å²) in [4.78, 5) is 21.9. The molecule has 202 valence electrons. The van der Waals surface area contributed by atoms with E-state index >= 15 is 0 Å². The van der Waals surface area contributed by atoms with E-state index in [0.29, 0.717) is 18.9 Å². The van der Waals surface area contributed by atoms with Crippen molar-refractivity contribution in [2.24, 2.45) is 0 Å². The van der Waals surface area contributed by atoms with Crippen molar-refractivity contribution >= 4 is 32.9 Å². The number of aromatic nitrogens is 2. The van der Waals surface area contributed by atoms with E-state index in [0.717, 1.165) is 67.5 Å². The number of allylic oxidation sites excluding steroid dienone is 1. The minimum atomic E-state index is -2.92. The summed E-state index contributed by atoms with van der Waals surface area (Å²) in [5.74, 6) is 0.779. The quantitative estimate of drug-likeness (QED) is 0.401. The number of piperazine rings is 1. The monoisotopic (exact) mass is 554 g/mol. The van der Waals surface area contributed by atoms with Crippen LogP contribution < -0.4 is 10.3 Å². The first kappa shape index (κ1) is 26.8. The Kier molecular flexibility index (Phi) is 8.13. The highest BCUT2D eigenvalue weighted by molar-refractivity contribution is 7.90. The minimum Gasteiger partial charge on any atom is -0.486 e. The van der Waals surface area contributed by atoms with Crippen molar-refractivity contribution in [3.63, 3.8) is 0 Å². The molecule has 38 heavy (non-hydrogen) atoms. The molecule has 3 aromatic rings. The lowest BCUT2D eigenvalue weighted by Crippen LogP contribution is -2.47. The minimum absolute atomic E-state index is 0.0974. The van der Waals surface area contributed by atoms with Gasteiger partial charge in [0.25, 0.3) is 5.56 Å². The van der Waals surface area contributed by atoms with Gasteiger partial charge in [0.05, 0.1) is 5.75 Å². The molecule has 2 aliphatic rings. The second-order valence-electron chi connectivity index (χ2n) is 10.2. The number of thiazole rings is 1. The molecule has 1 fully saturated rings. The Balaban J connectivity index is 1.18. The van der Waals surface area contributed by atoms with Gasteiger partial charge in [-0.1, -0.05) is 18.2 Å². The highest BCUT2D eigenvalue weighted by atomic mass is 32.2. The molecular weight excluding hydrogens is 520 g/mol. The van der Waals surface area contributed by atoms with Crippen LogP contribution in [0.2, 0.25) is 0 Å². The summed E-state index contributed by atoms with van der Waals surface area (Å²) in [5, 5.41) is 2.88. The number of ether oxygens (including phenoxy) is 1. The fraction of sp³-hybridized carbons (Fsp3) is 0.429. The summed E-state index contributed by atoms with van der Waals surface area (Å²) in [5.41, 5.74) is 5.63. The highest BCUT2D eigenvalue weighted by Crippen LogP contribution is 2.28. The lowest BCUT2D eigenvalue weighted by Gasteiger charge is -2.34. The average molecular weight is 555 g/mol. The molecule has 0 spiro atoms. The summed E-state index contributed by atoms with van der Waals surface area (Å²) in [6, 6.07) is 10.0. The molecule has 0 amide bonds. The first-order valence-corrected chi connectivity index (χ1v) is 15.9. The van der Waals surface area contributed by atoms with Crippen LogP contribution in [0.5, 0.6) is 5.75 Å². The predicted molar refractivity (Wildman–Crippen MR) is 152 cm³/mol. The Bertz CT molecular complexity index is 1480. The third-order valence-electron chi connectivity index (χ3n) is 7.06. The number of benzene rings is 1. The van der Waals surface area contributed by atoms with E-state index < -0.39 is 9.84 Å². The van der Waals surface area contributed by atoms with Crippen molar-refractivity contribution in [3.05, 3.63) is 79.7 Å². The van der Waals surface area contributed by atoms with Gasteiger partial charge >= 0.3 is 0 Å². The largest absolute Gasteiger partial charge is 0.486 e. The van der Waals surface area contributed by atoms with Gasteiger partial charge in [-0.2, -0.15) is 0 Å². The van der Waals surface area contributed by atoms with E-state index in [-0.39, 0.29) is 11.3 Å². The van der Waals surface area contributed by atoms with E-state index in [2.05, 4.69) is 39.1 Å². The number of hydrogen-bond donors (Lipinski definition) is 0. The third-order valence-corrected chi connectivity index (χ3v) is 8.92. The molecule has 1 aliphatic heterocycles. The SMILES string of the molecule is Cc1csc(COc2ccn(C3=Cc4ccc(CN5CCN(CCS(C)(=O)=O)CC5)cc4CC3)c(=O)c2)n1. The van der Waals surface area contributed by atoms with Crippen LogP contribution in [0.25, 0.3) is 11.8 Å². The Labute approximate surface area is 228 Å². The molecule has 0 N–H and O–H groups in total. The zero-order chi connectivity index (χ0) is 26.7. The van der Waals surface area contributed by atoms with Crippen LogP contribution in [0, 0.1) is 6.92 Å². The summed E-state index contributed by atoms with van der Waals surface area (Å²) in [6.45, 7) is 7.50. The van der Waals surface area contributed by atoms with E-state index in [1.54, 1.807) is 28.2 Å². The molecular formula is C28H34N4O4S2. The van der Waals surface area contributed by atoms with Gasteiger partial charge in [0.1, 0.15) is 27.2 Å². The first-order chi connectivity index (χ1) is 18.2. The van der Waals surface area contributed by atoms with Gasteiger partial charge < -0.3 is 4.74 Å². The molecule has 1 aliphatic carbocycles. The van der Waals surface area contributed by atoms with E-state index in [9.17, 15) is 13.2 Å². The molecule has 2 aromatic heterocycles. The fourth-order valence-corrected chi connectivity index (χ4v) is 6.22. The van der Waals surface area contributed by atoms with Gasteiger partial charge in [-0.25, -0.2) is 13.4 Å². The molecule has 5 rings (SSSR count). The predicted octanol–water partition coefficient (Wildman–Crippen LogP) is 3.30. The number of nitrogens with zero attached hydrogens (tertiary/aromatic N) is 4. The Morgan fingerprint density at radius 1 is 1.05 bits per heavy atom. The van der Waals surface area contributed by atoms with Crippen molar-refractivity contribution in [2.45, 2.75) is 32.9 Å². The summed E-state index contributed by atoms with van der Waals surface area (Å²) >= 11 is 1.55. The van der Waals surface area contributed by atoms with E-state index in [1.807, 2.05) is 18.4 Å². The van der Waals surface area contributed by atoms with Crippen LogP contribution in [0.15, 0.2) is 46.7 Å². The molecule has 0 atom stereocenters. The lowest BCUT2D eigenvalue weighted by molar-refractivity contribution is 0.132. The van der Waals surface area contributed by atoms with Gasteiger partial charge in [0, 0.05) is 74.6 Å². The third kappa shape index (κ3) is 6.99. The number of aryl methyl sites for hydroxylation is 2. The van der Waals surface area contributed by atoms with Crippen LogP contribution in [-0.2, 0) is 29.4 Å². The molecule has 1 aromatic carbocycles. The zero-order valence-electron chi connectivity index (χ0n) is 21.9. The second kappa shape index (κ2) is 11.5. The van der Waals surface area contributed by atoms with Gasteiger partial charge in [0.15, 0.2) is 0 Å². The fourth-order valence-electron chi connectivity index (χ4n) is 4.95. The van der Waals surface area contributed by atoms with Crippen LogP contribution in [0.3, 0.4) is 0 Å². The Hall–Kier alpha value is -2.79. The topological polar surface area (TPSA) is 84.7 Å². The molecule has 0 saturated carbocycles. The Morgan fingerprint density at radius 3 is 2.55 bits per heavy atom. The second-order valence-corrected chi connectivity index (χ2v) is 13.4. The number of hydrogen-bond acceptors (Lipinski definition) is 8. The Morgan fingerprint density at radius 2 is 1.84 bits per heavy atom. The lowest BCUT2D eigenvalue weighted by atomic mass is 9.93. The van der Waals surface area contributed by atoms with Crippen molar-refractivity contribution in [1.29, 1.82) is 0 Å². The maximum atomic E-state index is 12.8. The maximum absolute atomic E-state index is 12.8. The van der Waals surface area contributed by atoms with Crippen LogP contribution in [-0.4, -0.2) is 72.5 Å². The zero-order valence-corrected chi connectivity index (χ0v) is 23.6. The molecule has 0 radical (unpaired) electrons. The molecule has 0 unspecified atom stereocenters. The molecule has 1 saturated heterocycles. The molecule has 0 bridgehead atoms. The standard InChI is InChI=1S/C28H34N4O4S2/c1-21-20-37-27(29-21)19-36-26-7-8-32(28(33)17-26)25-6-5-23-15-22(3-4-24(23)16-25)18-31-11-9-30(10-12-31)13-14-38(2,34)35/h3-4,7-8,15-17,20H,5-6,9-14,18-19H2,1-2H3. The molecule has 3 heterocycles. The van der Waals surface area contributed by atoms with Crippen LogP contribution in [0.4, 0.5) is 0 Å². The van der Waals surface area contributed by atoms with Crippen LogP contribution in [0.1, 0.15) is 33.8 Å². The van der Waals surface area contributed by atoms with Crippen molar-refractivity contribution in [2.75, 3.05) is 44.7 Å². The molecule has 10 heteroatoms. The van der Waals surface area contributed by atoms with Gasteiger partial charge in [0.2, 0.25) is 0 Å².